The number of rotatable bonds is 2. The van der Waals surface area contributed by atoms with Crippen molar-refractivity contribution in [3.05, 3.63) is 22.3 Å². The predicted molar refractivity (Wildman–Crippen MR) is 95.6 cm³/mol. The van der Waals surface area contributed by atoms with Gasteiger partial charge in [-0.1, -0.05) is 57.0 Å². The average molecular weight is 337 g/mol. The number of hydrogen-bond acceptors (Lipinski definition) is 4. The van der Waals surface area contributed by atoms with Gasteiger partial charge in [0, 0.05) is 30.4 Å². The molecule has 0 N–H and O–H groups in total. The van der Waals surface area contributed by atoms with E-state index in [1.165, 1.54) is 20.9 Å². The van der Waals surface area contributed by atoms with Crippen molar-refractivity contribution in [1.82, 2.24) is 0 Å². The minimum atomic E-state index is 1.15. The lowest BCUT2D eigenvalue weighted by molar-refractivity contribution is 0.975. The summed E-state index contributed by atoms with van der Waals surface area (Å²) in [6.45, 7) is 9.21. The molecule has 2 aliphatic heterocycles. The SMILES string of the molecule is CCc1c(CC)c2c3c(c(C)c(C)c4c3c1SS4)SS2. The van der Waals surface area contributed by atoms with E-state index in [0.29, 0.717) is 0 Å². The molecule has 0 fully saturated rings. The van der Waals surface area contributed by atoms with E-state index in [9.17, 15) is 0 Å². The minimum Gasteiger partial charge on any atom is -0.0612 e. The van der Waals surface area contributed by atoms with Crippen LogP contribution < -0.4 is 0 Å². The zero-order valence-electron chi connectivity index (χ0n) is 12.0. The summed E-state index contributed by atoms with van der Waals surface area (Å²) in [5, 5.41) is 3.14. The lowest BCUT2D eigenvalue weighted by Gasteiger charge is -2.16. The highest BCUT2D eigenvalue weighted by molar-refractivity contribution is 8.77. The topological polar surface area (TPSA) is 0 Å². The first-order chi connectivity index (χ1) is 9.69. The van der Waals surface area contributed by atoms with Crippen molar-refractivity contribution in [2.24, 2.45) is 0 Å². The third-order valence-corrected chi connectivity index (χ3v) is 9.69. The Balaban J connectivity index is 2.28. The summed E-state index contributed by atoms with van der Waals surface area (Å²) in [7, 11) is 7.95. The Morgan fingerprint density at radius 3 is 1.30 bits per heavy atom. The summed E-state index contributed by atoms with van der Waals surface area (Å²) < 4.78 is 0. The van der Waals surface area contributed by atoms with E-state index >= 15 is 0 Å². The summed E-state index contributed by atoms with van der Waals surface area (Å²) in [6, 6.07) is 0. The summed E-state index contributed by atoms with van der Waals surface area (Å²) in [5.41, 5.74) is 6.21. The maximum Gasteiger partial charge on any atom is 0.0312 e. The van der Waals surface area contributed by atoms with Crippen LogP contribution in [0.15, 0.2) is 19.6 Å². The molecule has 0 aliphatic carbocycles. The first-order valence-corrected chi connectivity index (χ1v) is 11.3. The molecule has 0 nitrogen and oxygen atoms in total. The summed E-state index contributed by atoms with van der Waals surface area (Å²) in [4.78, 5) is 6.19. The van der Waals surface area contributed by atoms with Gasteiger partial charge >= 0.3 is 0 Å². The lowest BCUT2D eigenvalue weighted by Crippen LogP contribution is -1.98. The van der Waals surface area contributed by atoms with Crippen LogP contribution in [0.25, 0.3) is 10.8 Å². The Labute approximate surface area is 136 Å². The average Bonchev–Trinajstić information content (AvgIpc) is 3.06. The summed E-state index contributed by atoms with van der Waals surface area (Å²) in [5.74, 6) is 0. The molecule has 2 aromatic carbocycles. The van der Waals surface area contributed by atoms with Gasteiger partial charge in [0.2, 0.25) is 0 Å². The van der Waals surface area contributed by atoms with Crippen molar-refractivity contribution < 1.29 is 0 Å². The fourth-order valence-corrected chi connectivity index (χ4v) is 9.52. The zero-order valence-corrected chi connectivity index (χ0v) is 15.3. The van der Waals surface area contributed by atoms with Crippen LogP contribution in [0.4, 0.5) is 0 Å². The van der Waals surface area contributed by atoms with Gasteiger partial charge in [-0.3, -0.25) is 0 Å². The van der Waals surface area contributed by atoms with Gasteiger partial charge in [-0.05, 0) is 48.9 Å². The van der Waals surface area contributed by atoms with E-state index in [2.05, 4.69) is 27.7 Å². The first kappa shape index (κ1) is 13.7. The van der Waals surface area contributed by atoms with Gasteiger partial charge in [-0.25, -0.2) is 0 Å². The second-order valence-corrected chi connectivity index (χ2v) is 9.61. The van der Waals surface area contributed by atoms with Gasteiger partial charge in [-0.15, -0.1) is 0 Å². The van der Waals surface area contributed by atoms with Gasteiger partial charge in [0.1, 0.15) is 0 Å². The Morgan fingerprint density at radius 1 is 0.600 bits per heavy atom. The fraction of sp³-hybridized carbons (Fsp3) is 0.375. The monoisotopic (exact) mass is 336 g/mol. The Kier molecular flexibility index (Phi) is 3.30. The molecule has 4 heteroatoms. The molecular weight excluding hydrogens is 320 g/mol. The van der Waals surface area contributed by atoms with Crippen molar-refractivity contribution in [1.29, 1.82) is 0 Å². The third kappa shape index (κ3) is 1.57. The number of benzene rings is 2. The molecule has 2 aliphatic rings. The minimum absolute atomic E-state index is 1.15. The van der Waals surface area contributed by atoms with Crippen molar-refractivity contribution in [2.45, 2.75) is 60.1 Å². The highest BCUT2D eigenvalue weighted by Crippen LogP contribution is 2.64. The summed E-state index contributed by atoms with van der Waals surface area (Å²) >= 11 is 0. The Hall–Kier alpha value is 0.100. The van der Waals surface area contributed by atoms with Crippen LogP contribution in [0, 0.1) is 13.8 Å². The quantitative estimate of drug-likeness (QED) is 0.552. The Morgan fingerprint density at radius 2 is 0.950 bits per heavy atom. The van der Waals surface area contributed by atoms with E-state index in [1.54, 1.807) is 31.7 Å². The van der Waals surface area contributed by atoms with Crippen LogP contribution in [-0.2, 0) is 12.8 Å². The standard InChI is InChI=1S/C16H16S4/c1-5-9-10(6-2)16-12-11-13(17-19-15(9)11)7(3)8(4)14(12)18-20-16/h5-6H2,1-4H3. The molecule has 0 atom stereocenters. The highest BCUT2D eigenvalue weighted by Gasteiger charge is 2.32. The van der Waals surface area contributed by atoms with Gasteiger partial charge in [-0.2, -0.15) is 0 Å². The van der Waals surface area contributed by atoms with Gasteiger partial charge in [0.15, 0.2) is 0 Å². The molecule has 2 aromatic rings. The maximum absolute atomic E-state index is 2.31. The van der Waals surface area contributed by atoms with E-state index in [0.717, 1.165) is 12.8 Å². The zero-order chi connectivity index (χ0) is 14.0. The van der Waals surface area contributed by atoms with E-state index < -0.39 is 0 Å². The van der Waals surface area contributed by atoms with Crippen molar-refractivity contribution >= 4 is 53.9 Å². The molecular formula is C16H16S4. The maximum atomic E-state index is 2.31. The molecule has 0 spiro atoms. The van der Waals surface area contributed by atoms with Crippen LogP contribution >= 0.6 is 43.2 Å². The second-order valence-electron chi connectivity index (χ2n) is 5.31. The van der Waals surface area contributed by atoms with Crippen molar-refractivity contribution in [3.63, 3.8) is 0 Å². The summed E-state index contributed by atoms with van der Waals surface area (Å²) in [6.07, 6.45) is 2.31. The molecule has 0 unspecified atom stereocenters. The smallest absolute Gasteiger partial charge is 0.0312 e. The van der Waals surface area contributed by atoms with E-state index in [1.807, 2.05) is 43.2 Å². The second kappa shape index (κ2) is 4.80. The lowest BCUT2D eigenvalue weighted by atomic mass is 9.94. The number of hydrogen-bond donors (Lipinski definition) is 0. The van der Waals surface area contributed by atoms with E-state index in [-0.39, 0.29) is 0 Å². The molecule has 0 saturated heterocycles. The van der Waals surface area contributed by atoms with Gasteiger partial charge < -0.3 is 0 Å². The Bertz CT molecular complexity index is 697. The van der Waals surface area contributed by atoms with Crippen LogP contribution in [-0.4, -0.2) is 0 Å². The molecule has 0 saturated carbocycles. The molecule has 104 valence electrons. The van der Waals surface area contributed by atoms with Crippen LogP contribution in [0.5, 0.6) is 0 Å². The van der Waals surface area contributed by atoms with Crippen LogP contribution in [0.2, 0.25) is 0 Å². The molecule has 0 bridgehead atoms. The normalized spacial score (nSPS) is 15.6. The highest BCUT2D eigenvalue weighted by atomic mass is 33.1. The molecule has 20 heavy (non-hydrogen) atoms. The predicted octanol–water partition coefficient (Wildman–Crippen LogP) is 6.81. The van der Waals surface area contributed by atoms with Crippen LogP contribution in [0.3, 0.4) is 0 Å². The van der Waals surface area contributed by atoms with Crippen molar-refractivity contribution in [3.8, 4) is 0 Å². The van der Waals surface area contributed by atoms with Crippen molar-refractivity contribution in [2.75, 3.05) is 0 Å². The first-order valence-electron chi connectivity index (χ1n) is 7.02. The third-order valence-electron chi connectivity index (χ3n) is 4.44. The van der Waals surface area contributed by atoms with Gasteiger partial charge in [0.25, 0.3) is 0 Å². The van der Waals surface area contributed by atoms with Gasteiger partial charge in [0.05, 0.1) is 0 Å². The fourth-order valence-electron chi connectivity index (χ4n) is 3.26. The molecule has 0 aromatic heterocycles. The largest absolute Gasteiger partial charge is 0.0612 e. The molecule has 4 rings (SSSR count). The molecule has 0 radical (unpaired) electrons. The van der Waals surface area contributed by atoms with E-state index in [4.69, 9.17) is 0 Å². The molecule has 2 heterocycles. The van der Waals surface area contributed by atoms with Crippen LogP contribution in [0.1, 0.15) is 36.1 Å². The molecule has 0 amide bonds.